The van der Waals surface area contributed by atoms with Crippen LogP contribution in [0.4, 0.5) is 0 Å². The smallest absolute Gasteiger partial charge is 0.188 e. The van der Waals surface area contributed by atoms with Crippen molar-refractivity contribution in [3.63, 3.8) is 0 Å². The first-order valence-corrected chi connectivity index (χ1v) is 7.96. The SMILES string of the molecule is C=N\C(=N/C(N)=C(/C=N\NCC#N)n1nnc2ccccc21)SC. The van der Waals surface area contributed by atoms with Crippen LogP contribution in [0.2, 0.25) is 0 Å². The zero-order valence-corrected chi connectivity index (χ0v) is 13.7. The summed E-state index contributed by atoms with van der Waals surface area (Å²) in [5.74, 6) is 0.143. The molecule has 1 aromatic carbocycles. The van der Waals surface area contributed by atoms with Crippen molar-refractivity contribution in [3.05, 3.63) is 30.1 Å². The third kappa shape index (κ3) is 3.96. The highest BCUT2D eigenvalue weighted by atomic mass is 32.2. The summed E-state index contributed by atoms with van der Waals surface area (Å²) in [4.78, 5) is 7.99. The number of thioether (sulfide) groups is 1. The Labute approximate surface area is 142 Å². The van der Waals surface area contributed by atoms with Gasteiger partial charge in [-0.3, -0.25) is 5.43 Å². The van der Waals surface area contributed by atoms with Gasteiger partial charge in [0.25, 0.3) is 0 Å². The fraction of sp³-hybridized carbons (Fsp3) is 0.143. The Morgan fingerprint density at radius 2 is 2.33 bits per heavy atom. The van der Waals surface area contributed by atoms with E-state index in [2.05, 4.69) is 37.5 Å². The second kappa shape index (κ2) is 8.44. The molecule has 0 saturated heterocycles. The molecule has 0 amide bonds. The van der Waals surface area contributed by atoms with Gasteiger partial charge in [-0.25, -0.2) is 14.7 Å². The Bertz CT molecular complexity index is 856. The lowest BCUT2D eigenvalue weighted by Gasteiger charge is -2.06. The number of allylic oxidation sites excluding steroid dienone is 1. The lowest BCUT2D eigenvalue weighted by Crippen LogP contribution is -2.12. The lowest BCUT2D eigenvalue weighted by molar-refractivity contribution is 0.824. The maximum atomic E-state index is 8.55. The highest BCUT2D eigenvalue weighted by molar-refractivity contribution is 8.13. The van der Waals surface area contributed by atoms with Gasteiger partial charge in [0.2, 0.25) is 0 Å². The molecule has 0 aliphatic heterocycles. The number of rotatable bonds is 5. The maximum Gasteiger partial charge on any atom is 0.188 e. The molecule has 24 heavy (non-hydrogen) atoms. The van der Waals surface area contributed by atoms with Crippen molar-refractivity contribution in [2.75, 3.05) is 12.8 Å². The molecule has 3 N–H and O–H groups in total. The Morgan fingerprint density at radius 3 is 3.04 bits per heavy atom. The van der Waals surface area contributed by atoms with Crippen molar-refractivity contribution in [3.8, 4) is 6.07 Å². The summed E-state index contributed by atoms with van der Waals surface area (Å²) < 4.78 is 1.52. The zero-order chi connectivity index (χ0) is 17.4. The standard InChI is InChI=1S/C14H15N9S/c1-17-14(24-2)20-13(16)12(9-19-18-8-7-15)23-11-6-4-3-5-10(11)21-22-23/h3-6,9,18H,1,8,16H2,2H3/b13-12-,19-9-,20-14+. The molecule has 0 radical (unpaired) electrons. The van der Waals surface area contributed by atoms with Crippen LogP contribution in [0.15, 0.2) is 45.2 Å². The number of hydrogen-bond donors (Lipinski definition) is 2. The third-order valence-electron chi connectivity index (χ3n) is 2.81. The molecule has 2 aromatic rings. The summed E-state index contributed by atoms with van der Waals surface area (Å²) in [5, 5.41) is 21.1. The van der Waals surface area contributed by atoms with Gasteiger partial charge in [-0.2, -0.15) is 10.4 Å². The topological polar surface area (TPSA) is 130 Å². The van der Waals surface area contributed by atoms with Gasteiger partial charge in [-0.1, -0.05) is 29.1 Å². The number of nitriles is 1. The first-order valence-electron chi connectivity index (χ1n) is 6.74. The summed E-state index contributed by atoms with van der Waals surface area (Å²) in [7, 11) is 0. The molecule has 9 nitrogen and oxygen atoms in total. The Morgan fingerprint density at radius 1 is 1.54 bits per heavy atom. The van der Waals surface area contributed by atoms with E-state index in [9.17, 15) is 0 Å². The monoisotopic (exact) mass is 341 g/mol. The summed E-state index contributed by atoms with van der Waals surface area (Å²) in [6, 6.07) is 9.34. The Kier molecular flexibility index (Phi) is 6.04. The maximum absolute atomic E-state index is 8.55. The molecule has 0 bridgehead atoms. The van der Waals surface area contributed by atoms with Gasteiger partial charge in [-0.15, -0.1) is 5.10 Å². The van der Waals surface area contributed by atoms with Crippen LogP contribution in [-0.4, -0.2) is 45.9 Å². The van der Waals surface area contributed by atoms with Crippen LogP contribution in [0.3, 0.4) is 0 Å². The number of hydrazone groups is 1. The number of hydrogen-bond acceptors (Lipinski definition) is 8. The number of nitrogens with two attached hydrogens (primary N) is 1. The third-order valence-corrected chi connectivity index (χ3v) is 3.40. The summed E-state index contributed by atoms with van der Waals surface area (Å²) in [6.45, 7) is 3.51. The molecule has 2 rings (SSSR count). The van der Waals surface area contributed by atoms with Crippen LogP contribution in [0.5, 0.6) is 0 Å². The van der Waals surface area contributed by atoms with Crippen molar-refractivity contribution >= 4 is 46.6 Å². The predicted octanol–water partition coefficient (Wildman–Crippen LogP) is 1.03. The lowest BCUT2D eigenvalue weighted by atomic mass is 10.3. The Balaban J connectivity index is 2.54. The van der Waals surface area contributed by atoms with Crippen LogP contribution in [0, 0.1) is 11.3 Å². The van der Waals surface area contributed by atoms with E-state index in [1.165, 1.54) is 22.7 Å². The van der Waals surface area contributed by atoms with E-state index in [4.69, 9.17) is 11.0 Å². The van der Waals surface area contributed by atoms with E-state index in [1.54, 1.807) is 0 Å². The molecule has 1 aromatic heterocycles. The number of aromatic nitrogens is 3. The molecule has 0 fully saturated rings. The molecule has 0 spiro atoms. The second-order valence-electron chi connectivity index (χ2n) is 4.27. The fourth-order valence-electron chi connectivity index (χ4n) is 1.77. The van der Waals surface area contributed by atoms with Crippen LogP contribution in [0.1, 0.15) is 0 Å². The summed E-state index contributed by atoms with van der Waals surface area (Å²) in [6.07, 6.45) is 3.24. The van der Waals surface area contributed by atoms with E-state index in [1.807, 2.05) is 36.6 Å². The predicted molar refractivity (Wildman–Crippen MR) is 97.5 cm³/mol. The van der Waals surface area contributed by atoms with Crippen LogP contribution >= 0.6 is 11.8 Å². The number of nitrogens with one attached hydrogen (secondary N) is 1. The molecule has 10 heteroatoms. The van der Waals surface area contributed by atoms with Crippen molar-refractivity contribution in [1.82, 2.24) is 20.4 Å². The minimum atomic E-state index is 0.0648. The van der Waals surface area contributed by atoms with E-state index >= 15 is 0 Å². The second-order valence-corrected chi connectivity index (χ2v) is 5.04. The van der Waals surface area contributed by atoms with Crippen LogP contribution in [-0.2, 0) is 0 Å². The van der Waals surface area contributed by atoms with Gasteiger partial charge in [0.1, 0.15) is 17.8 Å². The number of para-hydroxylation sites is 1. The van der Waals surface area contributed by atoms with Gasteiger partial charge in [0.15, 0.2) is 11.0 Å². The van der Waals surface area contributed by atoms with E-state index in [0.29, 0.717) is 16.4 Å². The first-order chi connectivity index (χ1) is 11.7. The van der Waals surface area contributed by atoms with Gasteiger partial charge >= 0.3 is 0 Å². The normalized spacial score (nSPS) is 12.9. The fourth-order valence-corrected chi connectivity index (χ4v) is 2.09. The zero-order valence-electron chi connectivity index (χ0n) is 12.9. The number of aliphatic imine (C=N–C) groups is 2. The average Bonchev–Trinajstić information content (AvgIpc) is 3.03. The minimum absolute atomic E-state index is 0.0648. The molecule has 0 unspecified atom stereocenters. The van der Waals surface area contributed by atoms with Gasteiger partial charge < -0.3 is 5.73 Å². The molecule has 0 saturated carbocycles. The quantitative estimate of drug-likeness (QED) is 0.275. The van der Waals surface area contributed by atoms with Crippen molar-refractivity contribution < 1.29 is 0 Å². The highest BCUT2D eigenvalue weighted by Crippen LogP contribution is 2.16. The number of nitrogens with zero attached hydrogens (tertiary/aromatic N) is 7. The van der Waals surface area contributed by atoms with Crippen molar-refractivity contribution in [1.29, 1.82) is 5.26 Å². The molecule has 0 aliphatic rings. The van der Waals surface area contributed by atoms with Crippen molar-refractivity contribution in [2.24, 2.45) is 20.8 Å². The van der Waals surface area contributed by atoms with E-state index in [-0.39, 0.29) is 12.4 Å². The number of benzene rings is 1. The van der Waals surface area contributed by atoms with Crippen LogP contribution < -0.4 is 11.2 Å². The average molecular weight is 341 g/mol. The largest absolute Gasteiger partial charge is 0.382 e. The van der Waals surface area contributed by atoms with E-state index < -0.39 is 0 Å². The highest BCUT2D eigenvalue weighted by Gasteiger charge is 2.11. The molecule has 0 aliphatic carbocycles. The number of amidine groups is 1. The Hall–Kier alpha value is -3.19. The van der Waals surface area contributed by atoms with Crippen molar-refractivity contribution in [2.45, 2.75) is 0 Å². The van der Waals surface area contributed by atoms with Gasteiger partial charge in [0, 0.05) is 0 Å². The first kappa shape index (κ1) is 17.2. The molecule has 1 heterocycles. The summed E-state index contributed by atoms with van der Waals surface area (Å²) in [5.41, 5.74) is 10.5. The van der Waals surface area contributed by atoms with Gasteiger partial charge in [0.05, 0.1) is 17.8 Å². The number of fused-ring (bicyclic) bond motifs is 1. The van der Waals surface area contributed by atoms with Gasteiger partial charge in [-0.05, 0) is 25.1 Å². The van der Waals surface area contributed by atoms with E-state index in [0.717, 1.165) is 5.52 Å². The summed E-state index contributed by atoms with van der Waals surface area (Å²) >= 11 is 1.31. The molecular weight excluding hydrogens is 326 g/mol. The van der Waals surface area contributed by atoms with Crippen LogP contribution in [0.25, 0.3) is 16.7 Å². The molecule has 0 atom stereocenters. The minimum Gasteiger partial charge on any atom is -0.382 e. The molecular formula is C14H15N9S. The molecule has 122 valence electrons.